The molecule has 7 nitrogen and oxygen atoms in total. The number of carbonyl (C=O) groups excluding carboxylic acids is 2. The number of halogens is 3. The zero-order chi connectivity index (χ0) is 24.8. The molecule has 0 aliphatic carbocycles. The van der Waals surface area contributed by atoms with Crippen molar-refractivity contribution in [3.8, 4) is 5.75 Å². The van der Waals surface area contributed by atoms with Crippen molar-refractivity contribution in [1.82, 2.24) is 19.6 Å². The number of hydrogen-bond donors (Lipinski definition) is 1. The highest BCUT2D eigenvalue weighted by atomic mass is 19.4. The second-order valence-corrected chi connectivity index (χ2v) is 8.67. The molecular formula is C25H27F3N4O3. The van der Waals surface area contributed by atoms with Gasteiger partial charge in [0.1, 0.15) is 11.4 Å². The van der Waals surface area contributed by atoms with Crippen LogP contribution in [0.15, 0.2) is 55.0 Å². The summed E-state index contributed by atoms with van der Waals surface area (Å²) in [6.07, 6.45) is 5.16. The van der Waals surface area contributed by atoms with Crippen LogP contribution in [0, 0.1) is 5.92 Å². The number of nitrogens with zero attached hydrogens (tertiary/aromatic N) is 3. The number of unbranched alkanes of at least 4 members (excludes halogenated alkanes) is 1. The summed E-state index contributed by atoms with van der Waals surface area (Å²) in [4.78, 5) is 30.9. The molecule has 4 rings (SSSR count). The average molecular weight is 489 g/mol. The molecule has 1 aliphatic heterocycles. The number of rotatable bonds is 8. The molecule has 1 fully saturated rings. The van der Waals surface area contributed by atoms with E-state index >= 15 is 0 Å². The number of fused-ring (bicyclic) bond motifs is 1. The Morgan fingerprint density at radius 3 is 2.46 bits per heavy atom. The highest BCUT2D eigenvalue weighted by Crippen LogP contribution is 2.26. The Labute approximate surface area is 200 Å². The molecule has 0 spiro atoms. The number of piperidine rings is 1. The molecule has 0 radical (unpaired) electrons. The van der Waals surface area contributed by atoms with E-state index in [1.54, 1.807) is 29.6 Å². The van der Waals surface area contributed by atoms with E-state index in [1.165, 1.54) is 12.1 Å². The number of carbonyl (C=O) groups is 2. The van der Waals surface area contributed by atoms with E-state index in [-0.39, 0.29) is 17.6 Å². The minimum Gasteiger partial charge on any atom is -0.406 e. The van der Waals surface area contributed by atoms with Gasteiger partial charge in [-0.05, 0) is 61.6 Å². The van der Waals surface area contributed by atoms with Crippen LogP contribution in [0.4, 0.5) is 13.2 Å². The predicted molar refractivity (Wildman–Crippen MR) is 123 cm³/mol. The normalized spacial score (nSPS) is 14.8. The van der Waals surface area contributed by atoms with Crippen LogP contribution in [0.3, 0.4) is 0 Å². The van der Waals surface area contributed by atoms with Crippen LogP contribution in [-0.4, -0.2) is 52.1 Å². The largest absolute Gasteiger partial charge is 0.573 e. The van der Waals surface area contributed by atoms with Gasteiger partial charge < -0.3 is 19.4 Å². The Kier molecular flexibility index (Phi) is 7.57. The molecule has 10 heteroatoms. The lowest BCUT2D eigenvalue weighted by Crippen LogP contribution is -2.38. The Balaban J connectivity index is 1.13. The van der Waals surface area contributed by atoms with Crippen molar-refractivity contribution < 1.29 is 27.5 Å². The fraction of sp³-hybridized carbons (Fsp3) is 0.400. The van der Waals surface area contributed by atoms with Gasteiger partial charge >= 0.3 is 6.36 Å². The standard InChI is InChI=1S/C25H27F3N4O3/c26-25(27,28)35-21-7-4-19(5-8-21)24(34)31-14-10-18(11-15-31)3-1-2-12-30-23(33)20-6-9-22-29-13-16-32(22)17-20/h4-9,13,16-18H,1-3,10-12,14-15H2,(H,30,33). The molecule has 186 valence electrons. The number of alkyl halides is 3. The lowest BCUT2D eigenvalue weighted by molar-refractivity contribution is -0.274. The molecular weight excluding hydrogens is 461 g/mol. The Hall–Kier alpha value is -3.56. The van der Waals surface area contributed by atoms with E-state index < -0.39 is 6.36 Å². The van der Waals surface area contributed by atoms with E-state index in [4.69, 9.17) is 0 Å². The van der Waals surface area contributed by atoms with Crippen molar-refractivity contribution in [3.05, 3.63) is 66.1 Å². The molecule has 3 aromatic rings. The SMILES string of the molecule is O=C(NCCCCC1CCN(C(=O)c2ccc(OC(F)(F)F)cc2)CC1)c1ccc2nccn2c1. The van der Waals surface area contributed by atoms with Crippen molar-refractivity contribution in [2.24, 2.45) is 5.92 Å². The van der Waals surface area contributed by atoms with Crippen molar-refractivity contribution in [1.29, 1.82) is 0 Å². The Bertz CT molecular complexity index is 1150. The lowest BCUT2D eigenvalue weighted by atomic mass is 9.91. The molecule has 1 aliphatic rings. The van der Waals surface area contributed by atoms with Crippen molar-refractivity contribution in [3.63, 3.8) is 0 Å². The van der Waals surface area contributed by atoms with Gasteiger partial charge in [-0.2, -0.15) is 0 Å². The summed E-state index contributed by atoms with van der Waals surface area (Å²) in [7, 11) is 0. The summed E-state index contributed by atoms with van der Waals surface area (Å²) in [5.41, 5.74) is 1.73. The summed E-state index contributed by atoms with van der Waals surface area (Å²) >= 11 is 0. The monoisotopic (exact) mass is 488 g/mol. The fourth-order valence-corrected chi connectivity index (χ4v) is 4.32. The molecule has 2 amide bonds. The molecule has 1 aromatic carbocycles. The topological polar surface area (TPSA) is 75.9 Å². The van der Waals surface area contributed by atoms with Crippen molar-refractivity contribution in [2.75, 3.05) is 19.6 Å². The minimum atomic E-state index is -4.76. The van der Waals surface area contributed by atoms with Crippen LogP contribution >= 0.6 is 0 Å². The second-order valence-electron chi connectivity index (χ2n) is 8.67. The van der Waals surface area contributed by atoms with Gasteiger partial charge in [0.2, 0.25) is 0 Å². The van der Waals surface area contributed by atoms with Gasteiger partial charge in [-0.25, -0.2) is 4.98 Å². The summed E-state index contributed by atoms with van der Waals surface area (Å²) in [5, 5.41) is 2.95. The zero-order valence-corrected chi connectivity index (χ0v) is 19.1. The molecule has 0 unspecified atom stereocenters. The molecule has 2 aromatic heterocycles. The second kappa shape index (κ2) is 10.8. The summed E-state index contributed by atoms with van der Waals surface area (Å²) in [5.74, 6) is -0.117. The van der Waals surface area contributed by atoms with Gasteiger partial charge in [0.15, 0.2) is 0 Å². The van der Waals surface area contributed by atoms with Gasteiger partial charge in [0.05, 0.1) is 5.56 Å². The summed E-state index contributed by atoms with van der Waals surface area (Å²) in [6.45, 7) is 1.85. The van der Waals surface area contributed by atoms with E-state index in [0.717, 1.165) is 49.9 Å². The highest BCUT2D eigenvalue weighted by Gasteiger charge is 2.31. The van der Waals surface area contributed by atoms with Gasteiger partial charge in [0, 0.05) is 43.8 Å². The molecule has 0 atom stereocenters. The first kappa shape index (κ1) is 24.6. The molecule has 3 heterocycles. The van der Waals surface area contributed by atoms with Crippen molar-refractivity contribution in [2.45, 2.75) is 38.5 Å². The van der Waals surface area contributed by atoms with Gasteiger partial charge in [0.25, 0.3) is 11.8 Å². The van der Waals surface area contributed by atoms with E-state index in [0.29, 0.717) is 36.7 Å². The molecule has 0 saturated carbocycles. The predicted octanol–water partition coefficient (Wildman–Crippen LogP) is 4.69. The van der Waals surface area contributed by atoms with Crippen LogP contribution in [0.2, 0.25) is 0 Å². The quantitative estimate of drug-likeness (QED) is 0.467. The Morgan fingerprint density at radius 1 is 1.03 bits per heavy atom. The van der Waals surface area contributed by atoms with Crippen LogP contribution in [0.5, 0.6) is 5.75 Å². The molecule has 0 bridgehead atoms. The highest BCUT2D eigenvalue weighted by molar-refractivity contribution is 5.94. The van der Waals surface area contributed by atoms with Crippen LogP contribution in [0.25, 0.3) is 5.65 Å². The third-order valence-electron chi connectivity index (χ3n) is 6.21. The van der Waals surface area contributed by atoms with E-state index in [1.807, 2.05) is 10.5 Å². The third-order valence-corrected chi connectivity index (χ3v) is 6.21. The molecule has 1 saturated heterocycles. The maximum absolute atomic E-state index is 12.7. The smallest absolute Gasteiger partial charge is 0.406 e. The third kappa shape index (κ3) is 6.74. The summed E-state index contributed by atoms with van der Waals surface area (Å²) < 4.78 is 42.5. The zero-order valence-electron chi connectivity index (χ0n) is 19.1. The average Bonchev–Trinajstić information content (AvgIpc) is 3.31. The number of pyridine rings is 1. The van der Waals surface area contributed by atoms with Crippen LogP contribution in [0.1, 0.15) is 52.8 Å². The summed E-state index contributed by atoms with van der Waals surface area (Å²) in [6, 6.07) is 8.60. The number of amides is 2. The number of ether oxygens (including phenoxy) is 1. The van der Waals surface area contributed by atoms with Gasteiger partial charge in [-0.3, -0.25) is 9.59 Å². The first-order chi connectivity index (χ1) is 16.8. The number of aromatic nitrogens is 2. The molecule has 35 heavy (non-hydrogen) atoms. The van der Waals surface area contributed by atoms with Gasteiger partial charge in [-0.1, -0.05) is 12.8 Å². The first-order valence-electron chi connectivity index (χ1n) is 11.6. The maximum Gasteiger partial charge on any atom is 0.573 e. The van der Waals surface area contributed by atoms with Crippen molar-refractivity contribution >= 4 is 17.5 Å². The lowest BCUT2D eigenvalue weighted by Gasteiger charge is -2.32. The number of likely N-dealkylation sites (tertiary alicyclic amines) is 1. The minimum absolute atomic E-state index is 0.106. The number of hydrogen-bond acceptors (Lipinski definition) is 4. The van der Waals surface area contributed by atoms with Crippen LogP contribution < -0.4 is 10.1 Å². The van der Waals surface area contributed by atoms with Gasteiger partial charge in [-0.15, -0.1) is 13.2 Å². The number of benzene rings is 1. The fourth-order valence-electron chi connectivity index (χ4n) is 4.32. The first-order valence-corrected chi connectivity index (χ1v) is 11.6. The maximum atomic E-state index is 12.7. The van der Waals surface area contributed by atoms with E-state index in [9.17, 15) is 22.8 Å². The van der Waals surface area contributed by atoms with Crippen LogP contribution in [-0.2, 0) is 0 Å². The number of imidazole rings is 1. The molecule has 1 N–H and O–H groups in total. The number of nitrogens with one attached hydrogen (secondary N) is 1. The van der Waals surface area contributed by atoms with E-state index in [2.05, 4.69) is 15.0 Å². The Morgan fingerprint density at radius 2 is 1.74 bits per heavy atom.